The summed E-state index contributed by atoms with van der Waals surface area (Å²) in [5.74, 6) is -3.42. The second-order valence-corrected chi connectivity index (χ2v) is 9.66. The molecular formula is C25H22F5N5O3. The van der Waals surface area contributed by atoms with Gasteiger partial charge in [0.25, 0.3) is 0 Å². The third-order valence-corrected chi connectivity index (χ3v) is 7.15. The molecule has 2 aromatic carbocycles. The van der Waals surface area contributed by atoms with Gasteiger partial charge in [-0.25, -0.2) is 18.6 Å². The highest BCUT2D eigenvalue weighted by molar-refractivity contribution is 6.03. The van der Waals surface area contributed by atoms with Crippen molar-refractivity contribution in [2.45, 2.75) is 50.2 Å². The van der Waals surface area contributed by atoms with Crippen molar-refractivity contribution in [1.29, 1.82) is 0 Å². The van der Waals surface area contributed by atoms with Gasteiger partial charge in [0.05, 0.1) is 28.7 Å². The number of rotatable bonds is 3. The minimum Gasteiger partial charge on any atom is -0.463 e. The summed E-state index contributed by atoms with van der Waals surface area (Å²) < 4.78 is 74.1. The molecule has 2 heterocycles. The van der Waals surface area contributed by atoms with Crippen molar-refractivity contribution in [3.8, 4) is 5.69 Å². The monoisotopic (exact) mass is 535 g/mol. The average molecular weight is 535 g/mol. The van der Waals surface area contributed by atoms with Crippen molar-refractivity contribution in [3.63, 3.8) is 0 Å². The molecule has 1 saturated carbocycles. The summed E-state index contributed by atoms with van der Waals surface area (Å²) in [6, 6.07) is 5.84. The topological polar surface area (TPSA) is 99.8 Å². The number of guanidine groups is 1. The van der Waals surface area contributed by atoms with Gasteiger partial charge in [0.15, 0.2) is 5.82 Å². The van der Waals surface area contributed by atoms with E-state index in [-0.39, 0.29) is 40.9 Å². The molecule has 5 rings (SSSR count). The number of carbonyl (C=O) groups is 2. The van der Waals surface area contributed by atoms with E-state index in [2.05, 4.69) is 15.3 Å². The maximum atomic E-state index is 16.4. The van der Waals surface area contributed by atoms with E-state index in [4.69, 9.17) is 5.11 Å². The predicted octanol–water partition coefficient (Wildman–Crippen LogP) is 5.29. The van der Waals surface area contributed by atoms with Crippen LogP contribution in [0.4, 0.5) is 26.7 Å². The molecule has 0 spiro atoms. The fraction of sp³-hybridized carbons (Fsp3) is 0.360. The summed E-state index contributed by atoms with van der Waals surface area (Å²) in [7, 11) is 1.30. The van der Waals surface area contributed by atoms with Crippen LogP contribution in [0.5, 0.6) is 0 Å². The number of carbonyl (C=O) groups excluding carboxylic acids is 1. The third-order valence-electron chi connectivity index (χ3n) is 7.15. The minimum absolute atomic E-state index is 0.110. The zero-order valence-electron chi connectivity index (χ0n) is 20.2. The summed E-state index contributed by atoms with van der Waals surface area (Å²) in [6.45, 7) is 1.46. The molecule has 13 heteroatoms. The molecule has 0 unspecified atom stereocenters. The van der Waals surface area contributed by atoms with Gasteiger partial charge in [0.2, 0.25) is 11.9 Å². The lowest BCUT2D eigenvalue weighted by Gasteiger charge is -2.40. The SMILES string of the molecule is CN1C(=O)C[C@@](C)(c2cccc(-n3c(C4CCC4)nc4ccc(F)c(C(F)(F)F)c43)c2F)N/C1=N/C(=O)O. The fourth-order valence-electron chi connectivity index (χ4n) is 5.00. The largest absolute Gasteiger partial charge is 0.463 e. The minimum atomic E-state index is -5.08. The number of amides is 2. The molecule has 1 aliphatic heterocycles. The van der Waals surface area contributed by atoms with Gasteiger partial charge in [-0.2, -0.15) is 13.2 Å². The van der Waals surface area contributed by atoms with E-state index in [0.717, 1.165) is 22.0 Å². The fourth-order valence-corrected chi connectivity index (χ4v) is 5.00. The smallest absolute Gasteiger partial charge is 0.434 e. The zero-order chi connectivity index (χ0) is 27.6. The number of aliphatic imine (C=N–C) groups is 1. The number of nitrogens with one attached hydrogen (secondary N) is 1. The normalized spacial score (nSPS) is 21.6. The molecule has 0 bridgehead atoms. The maximum absolute atomic E-state index is 16.4. The molecular weight excluding hydrogens is 513 g/mol. The highest BCUT2D eigenvalue weighted by Gasteiger charge is 2.43. The molecule has 1 atom stereocenters. The van der Waals surface area contributed by atoms with Gasteiger partial charge >= 0.3 is 12.3 Å². The van der Waals surface area contributed by atoms with Crippen molar-refractivity contribution >= 4 is 29.0 Å². The summed E-state index contributed by atoms with van der Waals surface area (Å²) in [4.78, 5) is 32.5. The number of hydrogen-bond donors (Lipinski definition) is 2. The quantitative estimate of drug-likeness (QED) is 0.444. The van der Waals surface area contributed by atoms with E-state index in [1.807, 2.05) is 0 Å². The van der Waals surface area contributed by atoms with Crippen LogP contribution in [0.1, 0.15) is 55.5 Å². The lowest BCUT2D eigenvalue weighted by Crippen LogP contribution is -2.59. The third kappa shape index (κ3) is 4.05. The van der Waals surface area contributed by atoms with Crippen LogP contribution >= 0.6 is 0 Å². The van der Waals surface area contributed by atoms with Crippen LogP contribution in [0, 0.1) is 11.6 Å². The molecule has 3 aromatic rings. The van der Waals surface area contributed by atoms with E-state index >= 15 is 4.39 Å². The molecule has 2 fully saturated rings. The van der Waals surface area contributed by atoms with Crippen molar-refractivity contribution < 1.29 is 36.6 Å². The number of halogens is 5. The first-order valence-electron chi connectivity index (χ1n) is 11.8. The maximum Gasteiger partial charge on any atom is 0.434 e. The van der Waals surface area contributed by atoms with Crippen LogP contribution < -0.4 is 5.32 Å². The number of fused-ring (bicyclic) bond motifs is 1. The Kier molecular flexibility index (Phi) is 5.91. The highest BCUT2D eigenvalue weighted by Crippen LogP contribution is 2.44. The van der Waals surface area contributed by atoms with E-state index in [1.54, 1.807) is 0 Å². The van der Waals surface area contributed by atoms with Crippen molar-refractivity contribution in [3.05, 3.63) is 58.9 Å². The molecule has 1 aliphatic carbocycles. The second kappa shape index (κ2) is 8.77. The van der Waals surface area contributed by atoms with E-state index in [1.165, 1.54) is 32.2 Å². The van der Waals surface area contributed by atoms with E-state index < -0.39 is 46.4 Å². The Morgan fingerprint density at radius 2 is 1.92 bits per heavy atom. The number of aromatic nitrogens is 2. The molecule has 1 saturated heterocycles. The van der Waals surface area contributed by atoms with Gasteiger partial charge in [-0.3, -0.25) is 14.3 Å². The van der Waals surface area contributed by atoms with Crippen LogP contribution in [-0.2, 0) is 16.5 Å². The summed E-state index contributed by atoms with van der Waals surface area (Å²) in [5.41, 5.74) is -4.17. The van der Waals surface area contributed by atoms with Gasteiger partial charge in [0.1, 0.15) is 17.2 Å². The lowest BCUT2D eigenvalue weighted by molar-refractivity contribution is -0.138. The van der Waals surface area contributed by atoms with Crippen molar-refractivity contribution in [2.75, 3.05) is 7.05 Å². The number of imidazole rings is 1. The molecule has 2 N–H and O–H groups in total. The van der Waals surface area contributed by atoms with Crippen molar-refractivity contribution in [2.24, 2.45) is 4.99 Å². The first kappa shape index (κ1) is 25.6. The Labute approximate surface area is 212 Å². The molecule has 38 heavy (non-hydrogen) atoms. The first-order valence-corrected chi connectivity index (χ1v) is 11.8. The van der Waals surface area contributed by atoms with E-state index in [9.17, 15) is 27.2 Å². The Bertz CT molecular complexity index is 1510. The van der Waals surface area contributed by atoms with Crippen LogP contribution in [0.2, 0.25) is 0 Å². The molecule has 2 amide bonds. The lowest BCUT2D eigenvalue weighted by atomic mass is 9.84. The average Bonchev–Trinajstić information content (AvgIpc) is 3.13. The number of carboxylic acid groups (broad SMARTS) is 1. The highest BCUT2D eigenvalue weighted by atomic mass is 19.4. The standard InChI is InChI=1S/C25H22F5N5O3/c1-24(11-17(36)34(2)22(33-24)32-23(37)38)13-7-4-8-16(19(13)27)35-20-15(31-21(35)12-5-3-6-12)10-9-14(26)18(20)25(28,29)30/h4,7-10,12H,3,5-6,11H2,1-2H3,(H,32,33)(H,37,38)/t24-/m0/s1. The Balaban J connectivity index is 1.76. The van der Waals surface area contributed by atoms with Gasteiger partial charge in [-0.15, -0.1) is 4.99 Å². The predicted molar refractivity (Wildman–Crippen MR) is 126 cm³/mol. The zero-order valence-corrected chi connectivity index (χ0v) is 20.2. The summed E-state index contributed by atoms with van der Waals surface area (Å²) in [6.07, 6.45) is -4.89. The molecule has 8 nitrogen and oxygen atoms in total. The Morgan fingerprint density at radius 3 is 2.53 bits per heavy atom. The summed E-state index contributed by atoms with van der Waals surface area (Å²) in [5, 5.41) is 11.9. The number of nitrogens with zero attached hydrogens (tertiary/aromatic N) is 4. The molecule has 200 valence electrons. The summed E-state index contributed by atoms with van der Waals surface area (Å²) >= 11 is 0. The Hall–Kier alpha value is -4.03. The van der Waals surface area contributed by atoms with Gasteiger partial charge in [0, 0.05) is 18.5 Å². The van der Waals surface area contributed by atoms with E-state index in [0.29, 0.717) is 18.9 Å². The van der Waals surface area contributed by atoms with Gasteiger partial charge in [-0.1, -0.05) is 18.6 Å². The molecule has 0 radical (unpaired) electrons. The van der Waals surface area contributed by atoms with Crippen LogP contribution in [0.25, 0.3) is 16.7 Å². The van der Waals surface area contributed by atoms with Crippen LogP contribution in [0.15, 0.2) is 35.3 Å². The first-order chi connectivity index (χ1) is 17.8. The number of hydrogen-bond acceptors (Lipinski definition) is 3. The number of alkyl halides is 3. The van der Waals surface area contributed by atoms with Crippen LogP contribution in [-0.4, -0.2) is 44.6 Å². The van der Waals surface area contributed by atoms with Gasteiger partial charge in [-0.05, 0) is 38.0 Å². The van der Waals surface area contributed by atoms with Crippen LogP contribution in [0.3, 0.4) is 0 Å². The molecule has 1 aromatic heterocycles. The van der Waals surface area contributed by atoms with Gasteiger partial charge < -0.3 is 10.4 Å². The van der Waals surface area contributed by atoms with Crippen molar-refractivity contribution in [1.82, 2.24) is 19.8 Å². The Morgan fingerprint density at radius 1 is 1.21 bits per heavy atom. The number of benzene rings is 2. The molecule has 2 aliphatic rings. The second-order valence-electron chi connectivity index (χ2n) is 9.66.